The van der Waals surface area contributed by atoms with Gasteiger partial charge in [-0.2, -0.15) is 0 Å². The van der Waals surface area contributed by atoms with E-state index in [1.54, 1.807) is 6.20 Å². The molecule has 2 heterocycles. The Bertz CT molecular complexity index is 846. The van der Waals surface area contributed by atoms with Gasteiger partial charge < -0.3 is 10.1 Å². The minimum Gasteiger partial charge on any atom is -0.474 e. The summed E-state index contributed by atoms with van der Waals surface area (Å²) >= 11 is 0. The fourth-order valence-corrected chi connectivity index (χ4v) is 3.95. The number of carbonyl (C=O) groups is 1. The molecule has 0 aliphatic carbocycles. The zero-order valence-electron chi connectivity index (χ0n) is 20.4. The van der Waals surface area contributed by atoms with E-state index in [4.69, 9.17) is 4.74 Å². The number of carbonyl (C=O) groups excluding carboxylic acids is 1. The molecule has 1 N–H and O–H groups in total. The number of rotatable bonds is 8. The lowest BCUT2D eigenvalue weighted by Gasteiger charge is -2.32. The van der Waals surface area contributed by atoms with E-state index in [9.17, 15) is 4.79 Å². The number of likely N-dealkylation sites (tertiary alicyclic amines) is 1. The van der Waals surface area contributed by atoms with Crippen molar-refractivity contribution in [2.24, 2.45) is 5.92 Å². The highest BCUT2D eigenvalue weighted by molar-refractivity contribution is 5.76. The molecule has 174 valence electrons. The predicted octanol–water partition coefficient (Wildman–Crippen LogP) is 5.08. The number of piperidine rings is 1. The molecular formula is C27H39N3O2. The van der Waals surface area contributed by atoms with Crippen LogP contribution in [0.4, 0.5) is 0 Å². The van der Waals surface area contributed by atoms with E-state index in [1.807, 2.05) is 26.0 Å². The Labute approximate surface area is 193 Å². The summed E-state index contributed by atoms with van der Waals surface area (Å²) in [4.78, 5) is 18.7. The maximum atomic E-state index is 11.8. The van der Waals surface area contributed by atoms with Gasteiger partial charge in [-0.05, 0) is 40.9 Å². The molecule has 1 aliphatic heterocycles. The second kappa shape index (κ2) is 11.0. The van der Waals surface area contributed by atoms with Gasteiger partial charge in [-0.25, -0.2) is 4.98 Å². The maximum Gasteiger partial charge on any atom is 0.220 e. The fraction of sp³-hybridized carbons (Fsp3) is 0.556. The van der Waals surface area contributed by atoms with Crippen molar-refractivity contribution in [2.75, 3.05) is 13.1 Å². The summed E-state index contributed by atoms with van der Waals surface area (Å²) in [5, 5.41) is 2.94. The summed E-state index contributed by atoms with van der Waals surface area (Å²) < 4.78 is 6.12. The van der Waals surface area contributed by atoms with Gasteiger partial charge in [0.25, 0.3) is 0 Å². The van der Waals surface area contributed by atoms with Crippen LogP contribution in [0.2, 0.25) is 0 Å². The number of hydrogen-bond donors (Lipinski definition) is 1. The zero-order chi connectivity index (χ0) is 23.1. The summed E-state index contributed by atoms with van der Waals surface area (Å²) in [5.74, 6) is 1.11. The van der Waals surface area contributed by atoms with Crippen molar-refractivity contribution in [1.29, 1.82) is 0 Å². The lowest BCUT2D eigenvalue weighted by molar-refractivity contribution is -0.121. The van der Waals surface area contributed by atoms with Crippen LogP contribution in [0.15, 0.2) is 42.6 Å². The van der Waals surface area contributed by atoms with Crippen molar-refractivity contribution in [3.63, 3.8) is 0 Å². The fourth-order valence-electron chi connectivity index (χ4n) is 3.95. The molecule has 1 aromatic carbocycles. The SMILES string of the molecule is CC(C)CC(=O)NCc1ccc(OC2CCN(Cc3ccc(C(C)(C)C)cc3)CC2)nc1. The smallest absolute Gasteiger partial charge is 0.220 e. The Morgan fingerprint density at radius 3 is 2.31 bits per heavy atom. The maximum absolute atomic E-state index is 11.8. The van der Waals surface area contributed by atoms with Gasteiger partial charge in [0.05, 0.1) is 0 Å². The molecule has 0 unspecified atom stereocenters. The summed E-state index contributed by atoms with van der Waals surface area (Å²) in [6.45, 7) is 14.4. The van der Waals surface area contributed by atoms with Gasteiger partial charge in [0.15, 0.2) is 0 Å². The Kier molecular flexibility index (Phi) is 8.30. The molecule has 1 aromatic heterocycles. The van der Waals surface area contributed by atoms with Crippen LogP contribution in [-0.2, 0) is 23.3 Å². The summed E-state index contributed by atoms with van der Waals surface area (Å²) in [7, 11) is 0. The van der Waals surface area contributed by atoms with E-state index in [0.29, 0.717) is 24.8 Å². The van der Waals surface area contributed by atoms with E-state index in [-0.39, 0.29) is 17.4 Å². The first-order valence-corrected chi connectivity index (χ1v) is 11.9. The average Bonchev–Trinajstić information content (AvgIpc) is 2.74. The van der Waals surface area contributed by atoms with Gasteiger partial charge in [0.2, 0.25) is 11.8 Å². The number of aromatic nitrogens is 1. The number of hydrogen-bond acceptors (Lipinski definition) is 4. The molecule has 2 aromatic rings. The molecule has 3 rings (SSSR count). The normalized spacial score (nSPS) is 15.7. The lowest BCUT2D eigenvalue weighted by atomic mass is 9.86. The molecule has 0 radical (unpaired) electrons. The van der Waals surface area contributed by atoms with E-state index in [1.165, 1.54) is 11.1 Å². The lowest BCUT2D eigenvalue weighted by Crippen LogP contribution is -2.37. The van der Waals surface area contributed by atoms with Crippen molar-refractivity contribution in [2.45, 2.75) is 78.5 Å². The summed E-state index contributed by atoms with van der Waals surface area (Å²) in [6, 6.07) is 12.9. The Morgan fingerprint density at radius 2 is 1.75 bits per heavy atom. The molecule has 0 saturated carbocycles. The molecule has 0 atom stereocenters. The number of pyridine rings is 1. The van der Waals surface area contributed by atoms with E-state index >= 15 is 0 Å². The molecule has 1 fully saturated rings. The van der Waals surface area contributed by atoms with Crippen molar-refractivity contribution < 1.29 is 9.53 Å². The predicted molar refractivity (Wildman–Crippen MR) is 130 cm³/mol. The van der Waals surface area contributed by atoms with Crippen LogP contribution < -0.4 is 10.1 Å². The van der Waals surface area contributed by atoms with Gasteiger partial charge in [0, 0.05) is 44.9 Å². The highest BCUT2D eigenvalue weighted by Gasteiger charge is 2.21. The van der Waals surface area contributed by atoms with E-state index in [2.05, 4.69) is 60.2 Å². The van der Waals surface area contributed by atoms with Gasteiger partial charge in [-0.15, -0.1) is 0 Å². The monoisotopic (exact) mass is 437 g/mol. The third-order valence-electron chi connectivity index (χ3n) is 5.93. The Morgan fingerprint density at radius 1 is 1.09 bits per heavy atom. The second-order valence-corrected chi connectivity index (χ2v) is 10.4. The van der Waals surface area contributed by atoms with Gasteiger partial charge >= 0.3 is 0 Å². The molecule has 5 nitrogen and oxygen atoms in total. The number of nitrogens with one attached hydrogen (secondary N) is 1. The number of nitrogens with zero attached hydrogens (tertiary/aromatic N) is 2. The third kappa shape index (κ3) is 7.63. The standard InChI is InChI=1S/C27H39N3O2/c1-20(2)16-25(31)28-17-22-8-11-26(29-18-22)32-24-12-14-30(15-13-24)19-21-6-9-23(10-7-21)27(3,4)5/h6-11,18,20,24H,12-17,19H2,1-5H3,(H,28,31). The quantitative estimate of drug-likeness (QED) is 0.625. The van der Waals surface area contributed by atoms with Crippen LogP contribution >= 0.6 is 0 Å². The molecule has 1 saturated heterocycles. The van der Waals surface area contributed by atoms with Gasteiger partial charge in [0.1, 0.15) is 6.10 Å². The third-order valence-corrected chi connectivity index (χ3v) is 5.93. The molecule has 0 spiro atoms. The zero-order valence-corrected chi connectivity index (χ0v) is 20.4. The van der Waals surface area contributed by atoms with Gasteiger partial charge in [-0.3, -0.25) is 9.69 Å². The van der Waals surface area contributed by atoms with E-state index < -0.39 is 0 Å². The van der Waals surface area contributed by atoms with Crippen LogP contribution in [0.3, 0.4) is 0 Å². The van der Waals surface area contributed by atoms with Crippen molar-refractivity contribution in [3.8, 4) is 5.88 Å². The first kappa shape index (κ1) is 24.2. The van der Waals surface area contributed by atoms with Gasteiger partial charge in [-0.1, -0.05) is 65.0 Å². The molecular weight excluding hydrogens is 398 g/mol. The first-order chi connectivity index (χ1) is 15.2. The highest BCUT2D eigenvalue weighted by Crippen LogP contribution is 2.23. The molecule has 1 aliphatic rings. The van der Waals surface area contributed by atoms with Crippen LogP contribution in [0.5, 0.6) is 5.88 Å². The summed E-state index contributed by atoms with van der Waals surface area (Å²) in [5.41, 5.74) is 3.93. The molecule has 0 bridgehead atoms. The number of benzene rings is 1. The first-order valence-electron chi connectivity index (χ1n) is 11.9. The second-order valence-electron chi connectivity index (χ2n) is 10.4. The minimum absolute atomic E-state index is 0.0808. The average molecular weight is 438 g/mol. The summed E-state index contributed by atoms with van der Waals surface area (Å²) in [6.07, 6.45) is 4.57. The van der Waals surface area contributed by atoms with Crippen LogP contribution in [0, 0.1) is 5.92 Å². The van der Waals surface area contributed by atoms with Crippen molar-refractivity contribution >= 4 is 5.91 Å². The van der Waals surface area contributed by atoms with Crippen molar-refractivity contribution in [1.82, 2.24) is 15.2 Å². The minimum atomic E-state index is 0.0808. The van der Waals surface area contributed by atoms with Crippen LogP contribution in [0.1, 0.15) is 70.6 Å². The molecule has 5 heteroatoms. The van der Waals surface area contributed by atoms with Crippen LogP contribution in [0.25, 0.3) is 0 Å². The topological polar surface area (TPSA) is 54.5 Å². The Hall–Kier alpha value is -2.40. The number of amides is 1. The van der Waals surface area contributed by atoms with Crippen LogP contribution in [-0.4, -0.2) is 35.0 Å². The van der Waals surface area contributed by atoms with Crippen molar-refractivity contribution in [3.05, 3.63) is 59.3 Å². The Balaban J connectivity index is 1.40. The van der Waals surface area contributed by atoms with E-state index in [0.717, 1.165) is 38.0 Å². The highest BCUT2D eigenvalue weighted by atomic mass is 16.5. The molecule has 32 heavy (non-hydrogen) atoms. The number of ether oxygens (including phenoxy) is 1. The molecule has 1 amide bonds. The largest absolute Gasteiger partial charge is 0.474 e.